The number of aryl methyl sites for hydroxylation is 1. The van der Waals surface area contributed by atoms with E-state index in [0.29, 0.717) is 44.0 Å². The van der Waals surface area contributed by atoms with E-state index in [1.807, 2.05) is 6.92 Å². The molecule has 0 aromatic heterocycles. The van der Waals surface area contributed by atoms with Crippen molar-refractivity contribution in [1.82, 2.24) is 9.73 Å². The molecule has 0 radical (unpaired) electrons. The summed E-state index contributed by atoms with van der Waals surface area (Å²) in [6.45, 7) is 6.48. The third-order valence-corrected chi connectivity index (χ3v) is 7.33. The van der Waals surface area contributed by atoms with E-state index in [-0.39, 0.29) is 16.7 Å². The Labute approximate surface area is 194 Å². The summed E-state index contributed by atoms with van der Waals surface area (Å²) in [6, 6.07) is 12.1. The van der Waals surface area contributed by atoms with E-state index in [0.717, 1.165) is 11.1 Å². The Balaban J connectivity index is 1.53. The topological polar surface area (TPSA) is 97.3 Å². The molecular formula is C24H29N3O5S. The fourth-order valence-corrected chi connectivity index (χ4v) is 4.98. The Morgan fingerprint density at radius 3 is 2.52 bits per heavy atom. The van der Waals surface area contributed by atoms with Gasteiger partial charge in [0.05, 0.1) is 18.2 Å². The van der Waals surface area contributed by atoms with E-state index in [1.54, 1.807) is 55.7 Å². The molecule has 1 heterocycles. The van der Waals surface area contributed by atoms with Crippen LogP contribution >= 0.6 is 0 Å². The number of piperidine rings is 1. The van der Waals surface area contributed by atoms with Gasteiger partial charge in [0.2, 0.25) is 15.9 Å². The second-order valence-corrected chi connectivity index (χ2v) is 9.67. The number of hydrazone groups is 1. The van der Waals surface area contributed by atoms with Crippen molar-refractivity contribution < 1.29 is 22.7 Å². The van der Waals surface area contributed by atoms with Crippen LogP contribution in [0.4, 0.5) is 0 Å². The van der Waals surface area contributed by atoms with Crippen molar-refractivity contribution in [3.05, 3.63) is 66.2 Å². The van der Waals surface area contributed by atoms with E-state index in [1.165, 1.54) is 10.5 Å². The van der Waals surface area contributed by atoms with Crippen LogP contribution in [0.1, 0.15) is 24.0 Å². The van der Waals surface area contributed by atoms with Gasteiger partial charge in [-0.1, -0.05) is 30.4 Å². The first-order valence-electron chi connectivity index (χ1n) is 10.7. The van der Waals surface area contributed by atoms with Crippen LogP contribution in [0.15, 0.2) is 65.1 Å². The smallest absolute Gasteiger partial charge is 0.243 e. The van der Waals surface area contributed by atoms with E-state index >= 15 is 0 Å². The molecule has 9 heteroatoms. The summed E-state index contributed by atoms with van der Waals surface area (Å²) in [5.74, 6) is 0.618. The molecule has 0 saturated carbocycles. The second kappa shape index (κ2) is 11.1. The first-order valence-corrected chi connectivity index (χ1v) is 12.1. The number of methoxy groups -OCH3 is 1. The number of benzene rings is 2. The van der Waals surface area contributed by atoms with Crippen molar-refractivity contribution in [3.63, 3.8) is 0 Å². The number of carbonyl (C=O) groups is 1. The van der Waals surface area contributed by atoms with Crippen LogP contribution in [-0.2, 0) is 14.8 Å². The molecule has 0 atom stereocenters. The molecule has 0 spiro atoms. The predicted octanol–water partition coefficient (Wildman–Crippen LogP) is 3.12. The summed E-state index contributed by atoms with van der Waals surface area (Å²) in [4.78, 5) is 12.8. The van der Waals surface area contributed by atoms with Crippen LogP contribution in [0.3, 0.4) is 0 Å². The number of amides is 1. The largest absolute Gasteiger partial charge is 0.493 e. The molecule has 1 aliphatic rings. The molecule has 8 nitrogen and oxygen atoms in total. The Bertz CT molecular complexity index is 1110. The number of ether oxygens (including phenoxy) is 2. The summed E-state index contributed by atoms with van der Waals surface area (Å²) in [7, 11) is -2.01. The number of nitrogens with one attached hydrogen (secondary N) is 1. The van der Waals surface area contributed by atoms with E-state index in [4.69, 9.17) is 9.47 Å². The number of rotatable bonds is 9. The van der Waals surface area contributed by atoms with Crippen molar-refractivity contribution in [2.75, 3.05) is 26.8 Å². The van der Waals surface area contributed by atoms with Gasteiger partial charge in [-0.2, -0.15) is 9.41 Å². The first kappa shape index (κ1) is 24.5. The quantitative estimate of drug-likeness (QED) is 0.344. The lowest BCUT2D eigenvalue weighted by atomic mass is 9.98. The summed E-state index contributed by atoms with van der Waals surface area (Å²) in [5, 5.41) is 4.04. The average Bonchev–Trinajstić information content (AvgIpc) is 2.83. The van der Waals surface area contributed by atoms with Gasteiger partial charge < -0.3 is 9.47 Å². The SMILES string of the molecule is C=CCOc1ccc(/C=N\NC(=O)C2CCN(S(=O)(=O)c3ccc(C)cc3)CC2)cc1OC. The fourth-order valence-electron chi connectivity index (χ4n) is 3.51. The van der Waals surface area contributed by atoms with Gasteiger partial charge in [0.1, 0.15) is 6.61 Å². The first-order chi connectivity index (χ1) is 15.8. The number of nitrogens with zero attached hydrogens (tertiary/aromatic N) is 2. The lowest BCUT2D eigenvalue weighted by molar-refractivity contribution is -0.126. The molecule has 33 heavy (non-hydrogen) atoms. The molecule has 1 N–H and O–H groups in total. The fraction of sp³-hybridized carbons (Fsp3) is 0.333. The summed E-state index contributed by atoms with van der Waals surface area (Å²) >= 11 is 0. The molecule has 1 aliphatic heterocycles. The van der Waals surface area contributed by atoms with Gasteiger partial charge in [0.15, 0.2) is 11.5 Å². The molecule has 0 aliphatic carbocycles. The van der Waals surface area contributed by atoms with Crippen LogP contribution in [0.25, 0.3) is 0 Å². The molecule has 1 amide bonds. The summed E-state index contributed by atoms with van der Waals surface area (Å²) in [5.41, 5.74) is 4.29. The zero-order chi connectivity index (χ0) is 23.8. The van der Waals surface area contributed by atoms with Gasteiger partial charge in [0, 0.05) is 19.0 Å². The van der Waals surface area contributed by atoms with Crippen molar-refractivity contribution >= 4 is 22.1 Å². The molecule has 2 aromatic carbocycles. The molecule has 0 bridgehead atoms. The lowest BCUT2D eigenvalue weighted by Gasteiger charge is -2.30. The average molecular weight is 472 g/mol. The predicted molar refractivity (Wildman–Crippen MR) is 127 cm³/mol. The highest BCUT2D eigenvalue weighted by molar-refractivity contribution is 7.89. The third-order valence-electron chi connectivity index (χ3n) is 5.42. The minimum Gasteiger partial charge on any atom is -0.493 e. The monoisotopic (exact) mass is 471 g/mol. The number of hydrogen-bond donors (Lipinski definition) is 1. The molecule has 3 rings (SSSR count). The Kier molecular flexibility index (Phi) is 8.24. The van der Waals surface area contributed by atoms with Gasteiger partial charge in [-0.3, -0.25) is 4.79 Å². The summed E-state index contributed by atoms with van der Waals surface area (Å²) in [6.07, 6.45) is 4.05. The van der Waals surface area contributed by atoms with Crippen LogP contribution in [0, 0.1) is 12.8 Å². The standard InChI is InChI=1S/C24H29N3O5S/c1-4-15-32-22-10-7-19(16-23(22)31-3)17-25-26-24(28)20-11-13-27(14-12-20)33(29,30)21-8-5-18(2)6-9-21/h4-10,16-17,20H,1,11-15H2,2-3H3,(H,26,28)/b25-17-. The van der Waals surface area contributed by atoms with Crippen LogP contribution in [0.2, 0.25) is 0 Å². The van der Waals surface area contributed by atoms with Crippen LogP contribution in [-0.4, -0.2) is 51.7 Å². The van der Waals surface area contributed by atoms with Gasteiger partial charge in [-0.25, -0.2) is 13.8 Å². The van der Waals surface area contributed by atoms with Crippen molar-refractivity contribution in [2.45, 2.75) is 24.7 Å². The van der Waals surface area contributed by atoms with Crippen molar-refractivity contribution in [2.24, 2.45) is 11.0 Å². The number of carbonyl (C=O) groups excluding carboxylic acids is 1. The normalized spacial score (nSPS) is 15.3. The van der Waals surface area contributed by atoms with Crippen molar-refractivity contribution in [3.8, 4) is 11.5 Å². The Morgan fingerprint density at radius 1 is 1.18 bits per heavy atom. The second-order valence-electron chi connectivity index (χ2n) is 7.74. The number of hydrogen-bond acceptors (Lipinski definition) is 6. The van der Waals surface area contributed by atoms with Gasteiger partial charge in [-0.05, 0) is 55.7 Å². The molecule has 176 valence electrons. The maximum atomic E-state index is 12.8. The minimum atomic E-state index is -3.55. The third kappa shape index (κ3) is 6.21. The highest BCUT2D eigenvalue weighted by Crippen LogP contribution is 2.27. The Hall–Kier alpha value is -3.17. The zero-order valence-corrected chi connectivity index (χ0v) is 19.7. The molecule has 0 unspecified atom stereocenters. The summed E-state index contributed by atoms with van der Waals surface area (Å²) < 4.78 is 37.9. The van der Waals surface area contributed by atoms with E-state index in [2.05, 4.69) is 17.1 Å². The van der Waals surface area contributed by atoms with Gasteiger partial charge in [-0.15, -0.1) is 0 Å². The van der Waals surface area contributed by atoms with E-state index < -0.39 is 10.0 Å². The lowest BCUT2D eigenvalue weighted by Crippen LogP contribution is -2.42. The highest BCUT2D eigenvalue weighted by Gasteiger charge is 2.32. The molecule has 1 fully saturated rings. The molecule has 1 saturated heterocycles. The van der Waals surface area contributed by atoms with Gasteiger partial charge >= 0.3 is 0 Å². The highest BCUT2D eigenvalue weighted by atomic mass is 32.2. The van der Waals surface area contributed by atoms with Crippen LogP contribution < -0.4 is 14.9 Å². The maximum Gasteiger partial charge on any atom is 0.243 e. The maximum absolute atomic E-state index is 12.8. The zero-order valence-electron chi connectivity index (χ0n) is 18.9. The molecular weight excluding hydrogens is 442 g/mol. The Morgan fingerprint density at radius 2 is 1.88 bits per heavy atom. The van der Waals surface area contributed by atoms with Crippen LogP contribution in [0.5, 0.6) is 11.5 Å². The van der Waals surface area contributed by atoms with E-state index in [9.17, 15) is 13.2 Å². The minimum absolute atomic E-state index is 0.225. The van der Waals surface area contributed by atoms with Crippen molar-refractivity contribution in [1.29, 1.82) is 0 Å². The molecule has 2 aromatic rings. The number of sulfonamides is 1. The van der Waals surface area contributed by atoms with Gasteiger partial charge in [0.25, 0.3) is 0 Å².